The predicted octanol–water partition coefficient (Wildman–Crippen LogP) is 1.17. The molecule has 2 aromatic rings. The maximum absolute atomic E-state index is 12.7. The molecule has 23 heavy (non-hydrogen) atoms. The number of para-hydroxylation sites is 1. The van der Waals surface area contributed by atoms with E-state index in [1.54, 1.807) is 4.68 Å². The van der Waals surface area contributed by atoms with Crippen molar-refractivity contribution >= 4 is 16.8 Å². The SMILES string of the molecule is Cn1nc(C(=O)N[C@H]2COC[C@@H]2N2CCCC2)c2ccccc21. The van der Waals surface area contributed by atoms with E-state index in [0.29, 0.717) is 18.9 Å². The molecule has 1 aromatic carbocycles. The van der Waals surface area contributed by atoms with Crippen LogP contribution in [0.3, 0.4) is 0 Å². The summed E-state index contributed by atoms with van der Waals surface area (Å²) in [7, 11) is 1.87. The molecule has 0 unspecified atom stereocenters. The number of rotatable bonds is 3. The van der Waals surface area contributed by atoms with Crippen LogP contribution in [-0.2, 0) is 11.8 Å². The number of nitrogens with zero attached hydrogens (tertiary/aromatic N) is 3. The molecular weight excluding hydrogens is 292 g/mol. The Morgan fingerprint density at radius 2 is 2.04 bits per heavy atom. The lowest BCUT2D eigenvalue weighted by molar-refractivity contribution is 0.0912. The highest BCUT2D eigenvalue weighted by Gasteiger charge is 2.35. The number of ether oxygens (including phenoxy) is 1. The van der Waals surface area contributed by atoms with E-state index in [1.807, 2.05) is 31.3 Å². The molecule has 122 valence electrons. The molecule has 2 aliphatic heterocycles. The van der Waals surface area contributed by atoms with E-state index in [9.17, 15) is 4.79 Å². The summed E-state index contributed by atoms with van der Waals surface area (Å²) in [4.78, 5) is 15.2. The second-order valence-corrected chi connectivity index (χ2v) is 6.42. The number of amides is 1. The Labute approximate surface area is 135 Å². The summed E-state index contributed by atoms with van der Waals surface area (Å²) in [6.07, 6.45) is 2.48. The first-order valence-electron chi connectivity index (χ1n) is 8.28. The van der Waals surface area contributed by atoms with Crippen molar-refractivity contribution in [3.63, 3.8) is 0 Å². The number of fused-ring (bicyclic) bond motifs is 1. The fourth-order valence-electron chi connectivity index (χ4n) is 3.73. The fraction of sp³-hybridized carbons (Fsp3) is 0.529. The van der Waals surface area contributed by atoms with Crippen LogP contribution < -0.4 is 5.32 Å². The smallest absolute Gasteiger partial charge is 0.272 e. The number of benzene rings is 1. The summed E-state index contributed by atoms with van der Waals surface area (Å²) in [5.74, 6) is -0.110. The van der Waals surface area contributed by atoms with E-state index in [4.69, 9.17) is 4.74 Å². The van der Waals surface area contributed by atoms with Gasteiger partial charge in [0.1, 0.15) is 0 Å². The number of aromatic nitrogens is 2. The van der Waals surface area contributed by atoms with Crippen molar-refractivity contribution < 1.29 is 9.53 Å². The van der Waals surface area contributed by atoms with Crippen LogP contribution in [0.25, 0.3) is 10.9 Å². The molecule has 2 saturated heterocycles. The van der Waals surface area contributed by atoms with Crippen LogP contribution in [0.2, 0.25) is 0 Å². The maximum atomic E-state index is 12.7. The van der Waals surface area contributed by atoms with Gasteiger partial charge in [0.25, 0.3) is 5.91 Å². The van der Waals surface area contributed by atoms with Gasteiger partial charge in [0.15, 0.2) is 5.69 Å². The average Bonchev–Trinajstić information content (AvgIpc) is 3.27. The van der Waals surface area contributed by atoms with E-state index in [2.05, 4.69) is 15.3 Å². The van der Waals surface area contributed by atoms with Gasteiger partial charge in [-0.25, -0.2) is 0 Å². The van der Waals surface area contributed by atoms with Crippen molar-refractivity contribution in [3.8, 4) is 0 Å². The Bertz CT molecular complexity index is 720. The average molecular weight is 314 g/mol. The van der Waals surface area contributed by atoms with E-state index < -0.39 is 0 Å². The summed E-state index contributed by atoms with van der Waals surface area (Å²) >= 11 is 0. The van der Waals surface area contributed by atoms with Gasteiger partial charge >= 0.3 is 0 Å². The third kappa shape index (κ3) is 2.62. The molecule has 0 saturated carbocycles. The minimum atomic E-state index is -0.110. The van der Waals surface area contributed by atoms with Crippen LogP contribution in [0.1, 0.15) is 23.3 Å². The van der Waals surface area contributed by atoms with Gasteiger partial charge < -0.3 is 10.1 Å². The summed E-state index contributed by atoms with van der Waals surface area (Å²) in [5.41, 5.74) is 1.46. The second-order valence-electron chi connectivity index (χ2n) is 6.42. The topological polar surface area (TPSA) is 59.4 Å². The van der Waals surface area contributed by atoms with Gasteiger partial charge in [-0.2, -0.15) is 5.10 Å². The quantitative estimate of drug-likeness (QED) is 0.924. The Balaban J connectivity index is 1.54. The highest BCUT2D eigenvalue weighted by molar-refractivity contribution is 6.05. The minimum Gasteiger partial charge on any atom is -0.378 e. The zero-order chi connectivity index (χ0) is 15.8. The number of aryl methyl sites for hydroxylation is 1. The van der Waals surface area contributed by atoms with Gasteiger partial charge in [0.2, 0.25) is 0 Å². The number of hydrogen-bond donors (Lipinski definition) is 1. The van der Waals surface area contributed by atoms with Crippen molar-refractivity contribution in [3.05, 3.63) is 30.0 Å². The molecule has 0 aliphatic carbocycles. The van der Waals surface area contributed by atoms with Crippen LogP contribution in [0, 0.1) is 0 Å². The fourth-order valence-corrected chi connectivity index (χ4v) is 3.73. The minimum absolute atomic E-state index is 0.0429. The molecule has 2 aliphatic rings. The summed E-state index contributed by atoms with van der Waals surface area (Å²) < 4.78 is 7.39. The van der Waals surface area contributed by atoms with E-state index >= 15 is 0 Å². The van der Waals surface area contributed by atoms with Crippen molar-refractivity contribution in [1.82, 2.24) is 20.0 Å². The van der Waals surface area contributed by atoms with Crippen LogP contribution in [-0.4, -0.2) is 59.0 Å². The first kappa shape index (κ1) is 14.7. The lowest BCUT2D eigenvalue weighted by Gasteiger charge is -2.27. The second kappa shape index (κ2) is 5.94. The Morgan fingerprint density at radius 1 is 1.26 bits per heavy atom. The van der Waals surface area contributed by atoms with E-state index in [1.165, 1.54) is 12.8 Å². The molecule has 6 nitrogen and oxygen atoms in total. The molecule has 2 atom stereocenters. The zero-order valence-corrected chi connectivity index (χ0v) is 13.4. The van der Waals surface area contributed by atoms with Gasteiger partial charge in [0.05, 0.1) is 30.8 Å². The number of nitrogens with one attached hydrogen (secondary N) is 1. The molecule has 4 rings (SSSR count). The maximum Gasteiger partial charge on any atom is 0.272 e. The highest BCUT2D eigenvalue weighted by atomic mass is 16.5. The monoisotopic (exact) mass is 314 g/mol. The molecule has 0 spiro atoms. The van der Waals surface area contributed by atoms with Crippen molar-refractivity contribution in [2.75, 3.05) is 26.3 Å². The molecule has 0 bridgehead atoms. The first-order valence-corrected chi connectivity index (χ1v) is 8.28. The summed E-state index contributed by atoms with van der Waals surface area (Å²) in [5, 5.41) is 8.44. The molecule has 6 heteroatoms. The third-order valence-electron chi connectivity index (χ3n) is 4.95. The van der Waals surface area contributed by atoms with Gasteiger partial charge in [0, 0.05) is 12.4 Å². The van der Waals surface area contributed by atoms with Crippen molar-refractivity contribution in [2.24, 2.45) is 7.05 Å². The molecule has 1 amide bonds. The lowest BCUT2D eigenvalue weighted by atomic mass is 10.1. The number of carbonyl (C=O) groups is 1. The van der Waals surface area contributed by atoms with Gasteiger partial charge in [-0.1, -0.05) is 18.2 Å². The zero-order valence-electron chi connectivity index (χ0n) is 13.4. The number of hydrogen-bond acceptors (Lipinski definition) is 4. The summed E-state index contributed by atoms with van der Waals surface area (Å²) in [6.45, 7) is 3.49. The Hall–Kier alpha value is -1.92. The Kier molecular flexibility index (Phi) is 3.79. The highest BCUT2D eigenvalue weighted by Crippen LogP contribution is 2.21. The van der Waals surface area contributed by atoms with Gasteiger partial charge in [-0.05, 0) is 32.0 Å². The van der Waals surface area contributed by atoms with Crippen LogP contribution in [0.5, 0.6) is 0 Å². The molecule has 0 radical (unpaired) electrons. The predicted molar refractivity (Wildman–Crippen MR) is 87.4 cm³/mol. The standard InChI is InChI=1S/C17H22N4O2/c1-20-14-7-3-2-6-12(14)16(19-20)17(22)18-13-10-23-11-15(13)21-8-4-5-9-21/h2-3,6-7,13,15H,4-5,8-11H2,1H3,(H,18,22)/t13-,15-/m0/s1. The molecule has 3 heterocycles. The first-order chi connectivity index (χ1) is 11.2. The third-order valence-corrected chi connectivity index (χ3v) is 4.95. The van der Waals surface area contributed by atoms with Crippen molar-refractivity contribution in [1.29, 1.82) is 0 Å². The molecule has 1 N–H and O–H groups in total. The molecule has 2 fully saturated rings. The van der Waals surface area contributed by atoms with Gasteiger partial charge in [-0.15, -0.1) is 0 Å². The Morgan fingerprint density at radius 3 is 2.87 bits per heavy atom. The van der Waals surface area contributed by atoms with E-state index in [0.717, 1.165) is 24.0 Å². The number of likely N-dealkylation sites (tertiary alicyclic amines) is 1. The summed E-state index contributed by atoms with van der Waals surface area (Å²) in [6, 6.07) is 8.15. The normalized spacial score (nSPS) is 25.3. The molecular formula is C17H22N4O2. The van der Waals surface area contributed by atoms with E-state index in [-0.39, 0.29) is 18.0 Å². The molecule has 1 aromatic heterocycles. The largest absolute Gasteiger partial charge is 0.378 e. The lowest BCUT2D eigenvalue weighted by Crippen LogP contribution is -2.50. The van der Waals surface area contributed by atoms with Crippen molar-refractivity contribution in [2.45, 2.75) is 24.9 Å². The van der Waals surface area contributed by atoms with Crippen LogP contribution >= 0.6 is 0 Å². The van der Waals surface area contributed by atoms with Gasteiger partial charge in [-0.3, -0.25) is 14.4 Å². The van der Waals surface area contributed by atoms with Crippen LogP contribution in [0.15, 0.2) is 24.3 Å². The van der Waals surface area contributed by atoms with Crippen LogP contribution in [0.4, 0.5) is 0 Å². The number of carbonyl (C=O) groups excluding carboxylic acids is 1.